The molecule has 0 N–H and O–H groups in total. The van der Waals surface area contributed by atoms with Crippen molar-refractivity contribution in [3.8, 4) is 0 Å². The van der Waals surface area contributed by atoms with Gasteiger partial charge < -0.3 is 4.57 Å². The number of aliphatic imine (C=N–C) groups is 2. The average molecular weight is 271 g/mol. The zero-order chi connectivity index (χ0) is 14.6. The van der Waals surface area contributed by atoms with Crippen LogP contribution in [0.4, 0.5) is 13.2 Å². The summed E-state index contributed by atoms with van der Waals surface area (Å²) in [4.78, 5) is 19.0. The van der Waals surface area contributed by atoms with Gasteiger partial charge in [-0.05, 0) is 11.6 Å². The summed E-state index contributed by atoms with van der Waals surface area (Å²) >= 11 is 0. The van der Waals surface area contributed by atoms with Crippen molar-refractivity contribution in [1.29, 1.82) is 0 Å². The zero-order valence-corrected chi connectivity index (χ0v) is 10.4. The molecule has 0 saturated carbocycles. The molecule has 7 heteroatoms. The second-order valence-electron chi connectivity index (χ2n) is 3.70. The molecule has 0 aromatic carbocycles. The van der Waals surface area contributed by atoms with Gasteiger partial charge in [0, 0.05) is 26.5 Å². The maximum atomic E-state index is 12.8. The van der Waals surface area contributed by atoms with E-state index in [1.807, 2.05) is 0 Å². The van der Waals surface area contributed by atoms with E-state index in [0.29, 0.717) is 0 Å². The van der Waals surface area contributed by atoms with Gasteiger partial charge >= 0.3 is 6.18 Å². The van der Waals surface area contributed by atoms with E-state index >= 15 is 0 Å². The van der Waals surface area contributed by atoms with E-state index < -0.39 is 22.9 Å². The van der Waals surface area contributed by atoms with E-state index in [1.165, 1.54) is 14.1 Å². The van der Waals surface area contributed by atoms with Crippen molar-refractivity contribution in [1.82, 2.24) is 4.57 Å². The van der Waals surface area contributed by atoms with Crippen LogP contribution in [0.3, 0.4) is 0 Å². The van der Waals surface area contributed by atoms with E-state index in [-0.39, 0.29) is 5.57 Å². The summed E-state index contributed by atoms with van der Waals surface area (Å²) in [5.74, 6) is 0. The lowest BCUT2D eigenvalue weighted by molar-refractivity contribution is -0.137. The first kappa shape index (κ1) is 14.9. The molecule has 0 unspecified atom stereocenters. The third kappa shape index (κ3) is 3.40. The monoisotopic (exact) mass is 271 g/mol. The maximum Gasteiger partial charge on any atom is 0.417 e. The van der Waals surface area contributed by atoms with Gasteiger partial charge in [0.2, 0.25) is 0 Å². The molecule has 1 heterocycles. The fraction of sp³-hybridized carbons (Fsp3) is 0.250. The second-order valence-corrected chi connectivity index (χ2v) is 3.70. The van der Waals surface area contributed by atoms with Crippen molar-refractivity contribution in [3.05, 3.63) is 40.3 Å². The van der Waals surface area contributed by atoms with Crippen LogP contribution in [0, 0.1) is 0 Å². The summed E-state index contributed by atoms with van der Waals surface area (Å²) in [5.41, 5.74) is -2.43. The van der Waals surface area contributed by atoms with E-state index in [0.717, 1.165) is 29.4 Å². The number of nitrogens with zero attached hydrogens (tertiary/aromatic N) is 3. The fourth-order valence-electron chi connectivity index (χ4n) is 1.43. The Morgan fingerprint density at radius 3 is 2.63 bits per heavy atom. The first-order valence-corrected chi connectivity index (χ1v) is 5.19. The van der Waals surface area contributed by atoms with Gasteiger partial charge in [-0.3, -0.25) is 9.79 Å². The van der Waals surface area contributed by atoms with E-state index in [4.69, 9.17) is 0 Å². The first-order valence-electron chi connectivity index (χ1n) is 5.19. The Balaban J connectivity index is 3.44. The molecule has 1 aromatic rings. The second kappa shape index (κ2) is 5.64. The molecular weight excluding hydrogens is 259 g/mol. The molecule has 1 aromatic heterocycles. The van der Waals surface area contributed by atoms with Crippen LogP contribution in [0.15, 0.2) is 33.6 Å². The predicted octanol–water partition coefficient (Wildman–Crippen LogP) is 2.15. The molecule has 1 rings (SSSR count). The number of allylic oxidation sites excluding steroid dienone is 1. The van der Waals surface area contributed by atoms with Gasteiger partial charge in [0.1, 0.15) is 6.34 Å². The summed E-state index contributed by atoms with van der Waals surface area (Å²) in [5, 5.41) is 0. The van der Waals surface area contributed by atoms with Crippen molar-refractivity contribution in [2.45, 2.75) is 6.18 Å². The van der Waals surface area contributed by atoms with Crippen molar-refractivity contribution >= 4 is 18.1 Å². The fourth-order valence-corrected chi connectivity index (χ4v) is 1.43. The third-order valence-corrected chi connectivity index (χ3v) is 2.31. The molecule has 0 radical (unpaired) electrons. The maximum absolute atomic E-state index is 12.8. The molecule has 0 bridgehead atoms. The Kier molecular flexibility index (Phi) is 4.42. The van der Waals surface area contributed by atoms with E-state index in [9.17, 15) is 18.0 Å². The van der Waals surface area contributed by atoms with Gasteiger partial charge in [-0.2, -0.15) is 13.2 Å². The SMILES string of the molecule is C=C(C=NC=NC)c1c(C(F)(F)F)ccn(C)c1=O. The van der Waals surface area contributed by atoms with Crippen LogP contribution in [0.1, 0.15) is 11.1 Å². The number of pyridine rings is 1. The van der Waals surface area contributed by atoms with Crippen LogP contribution in [0.5, 0.6) is 0 Å². The molecule has 0 saturated heterocycles. The van der Waals surface area contributed by atoms with Gasteiger partial charge in [-0.25, -0.2) is 4.99 Å². The van der Waals surface area contributed by atoms with Gasteiger partial charge in [-0.1, -0.05) is 6.58 Å². The lowest BCUT2D eigenvalue weighted by atomic mass is 10.0. The largest absolute Gasteiger partial charge is 0.417 e. The summed E-state index contributed by atoms with van der Waals surface area (Å²) in [6.07, 6.45) is -1.35. The highest BCUT2D eigenvalue weighted by atomic mass is 19.4. The van der Waals surface area contributed by atoms with E-state index in [2.05, 4.69) is 16.6 Å². The van der Waals surface area contributed by atoms with Crippen LogP contribution in [0.2, 0.25) is 0 Å². The van der Waals surface area contributed by atoms with Crippen LogP contribution in [-0.2, 0) is 13.2 Å². The quantitative estimate of drug-likeness (QED) is 0.613. The highest BCUT2D eigenvalue weighted by molar-refractivity contribution is 6.11. The van der Waals surface area contributed by atoms with Crippen molar-refractivity contribution in [2.24, 2.45) is 17.0 Å². The third-order valence-electron chi connectivity index (χ3n) is 2.31. The lowest BCUT2D eigenvalue weighted by Crippen LogP contribution is -2.25. The van der Waals surface area contributed by atoms with E-state index in [1.54, 1.807) is 0 Å². The van der Waals surface area contributed by atoms with Gasteiger partial charge in [0.15, 0.2) is 0 Å². The smallest absolute Gasteiger partial charge is 0.318 e. The number of rotatable bonds is 3. The number of aromatic nitrogens is 1. The van der Waals surface area contributed by atoms with Gasteiger partial charge in [-0.15, -0.1) is 0 Å². The molecule has 0 aliphatic carbocycles. The number of alkyl halides is 3. The number of halogens is 3. The van der Waals surface area contributed by atoms with Crippen LogP contribution < -0.4 is 5.56 Å². The Labute approximate surface area is 107 Å². The van der Waals surface area contributed by atoms with Crippen molar-refractivity contribution in [3.63, 3.8) is 0 Å². The average Bonchev–Trinajstić information content (AvgIpc) is 2.31. The molecule has 0 atom stereocenters. The molecule has 0 amide bonds. The number of hydrogen-bond acceptors (Lipinski definition) is 2. The lowest BCUT2D eigenvalue weighted by Gasteiger charge is -2.13. The molecule has 0 fully saturated rings. The van der Waals surface area contributed by atoms with Crippen LogP contribution in [-0.4, -0.2) is 24.2 Å². The molecule has 0 spiro atoms. The highest BCUT2D eigenvalue weighted by Crippen LogP contribution is 2.32. The Bertz CT molecular complexity index is 597. The number of hydrogen-bond donors (Lipinski definition) is 0. The predicted molar refractivity (Wildman–Crippen MR) is 68.6 cm³/mol. The minimum atomic E-state index is -4.63. The minimum absolute atomic E-state index is 0.117. The summed E-state index contributed by atoms with van der Waals surface area (Å²) in [6.45, 7) is 3.45. The molecule has 102 valence electrons. The van der Waals surface area contributed by atoms with Gasteiger partial charge in [0.25, 0.3) is 5.56 Å². The van der Waals surface area contributed by atoms with Crippen molar-refractivity contribution < 1.29 is 13.2 Å². The summed E-state index contributed by atoms with van der Waals surface area (Å²) in [6, 6.07) is 0.837. The molecular formula is C12H12F3N3O. The molecule has 4 nitrogen and oxygen atoms in total. The normalized spacial score (nSPS) is 12.5. The Morgan fingerprint density at radius 1 is 1.47 bits per heavy atom. The first-order chi connectivity index (χ1) is 8.79. The van der Waals surface area contributed by atoms with Gasteiger partial charge in [0.05, 0.1) is 11.1 Å². The standard InChI is InChI=1S/C12H12F3N3O/c1-8(6-17-7-16-2)10-9(12(13,14)15)4-5-18(3)11(10)19/h4-7H,1H2,2-3H3. The van der Waals surface area contributed by atoms with Crippen LogP contribution in [0.25, 0.3) is 5.57 Å². The van der Waals surface area contributed by atoms with Crippen molar-refractivity contribution in [2.75, 3.05) is 7.05 Å². The molecule has 19 heavy (non-hydrogen) atoms. The Hall–Kier alpha value is -2.18. The van der Waals surface area contributed by atoms with Crippen LogP contribution >= 0.6 is 0 Å². The summed E-state index contributed by atoms with van der Waals surface area (Å²) in [7, 11) is 2.83. The highest BCUT2D eigenvalue weighted by Gasteiger charge is 2.35. The number of aryl methyl sites for hydroxylation is 1. The molecule has 0 aliphatic rings. The minimum Gasteiger partial charge on any atom is -0.318 e. The summed E-state index contributed by atoms with van der Waals surface area (Å²) < 4.78 is 39.6. The molecule has 0 aliphatic heterocycles. The zero-order valence-electron chi connectivity index (χ0n) is 10.4. The topological polar surface area (TPSA) is 46.7 Å². The Morgan fingerprint density at radius 2 is 2.11 bits per heavy atom.